The molecular formula is C19H36N6S. The molecule has 6 nitrogen and oxygen atoms in total. The second kappa shape index (κ2) is 10.8. The van der Waals surface area contributed by atoms with Crippen molar-refractivity contribution in [3.63, 3.8) is 0 Å². The molecule has 0 radical (unpaired) electrons. The van der Waals surface area contributed by atoms with Crippen molar-refractivity contribution < 1.29 is 0 Å². The minimum absolute atomic E-state index is 0.230. The summed E-state index contributed by atoms with van der Waals surface area (Å²) >= 11 is 2.10. The van der Waals surface area contributed by atoms with E-state index in [1.165, 1.54) is 37.0 Å². The van der Waals surface area contributed by atoms with Gasteiger partial charge in [0, 0.05) is 36.6 Å². The van der Waals surface area contributed by atoms with Crippen LogP contribution in [0.15, 0.2) is 17.4 Å². The van der Waals surface area contributed by atoms with E-state index in [0.29, 0.717) is 12.6 Å². The lowest BCUT2D eigenvalue weighted by Crippen LogP contribution is -2.46. The van der Waals surface area contributed by atoms with E-state index in [1.54, 1.807) is 0 Å². The van der Waals surface area contributed by atoms with E-state index >= 15 is 0 Å². The first-order chi connectivity index (χ1) is 12.5. The predicted octanol–water partition coefficient (Wildman–Crippen LogP) is 2.64. The predicted molar refractivity (Wildman–Crippen MR) is 113 cm³/mol. The van der Waals surface area contributed by atoms with Crippen LogP contribution in [0, 0.1) is 0 Å². The average molecular weight is 381 g/mol. The number of hydrogen-bond acceptors (Lipinski definition) is 4. The Labute approximate surface area is 163 Å². The maximum atomic E-state index is 4.89. The van der Waals surface area contributed by atoms with E-state index in [-0.39, 0.29) is 6.04 Å². The minimum Gasteiger partial charge on any atom is -0.357 e. The number of hydrogen-bond donors (Lipinski definition) is 2. The average Bonchev–Trinajstić information content (AvgIpc) is 3.01. The van der Waals surface area contributed by atoms with Crippen molar-refractivity contribution in [1.29, 1.82) is 0 Å². The van der Waals surface area contributed by atoms with Crippen LogP contribution in [0.4, 0.5) is 0 Å². The third-order valence-electron chi connectivity index (χ3n) is 4.87. The molecule has 0 aliphatic heterocycles. The van der Waals surface area contributed by atoms with Crippen molar-refractivity contribution in [3.05, 3.63) is 18.0 Å². The minimum atomic E-state index is 0.230. The Morgan fingerprint density at radius 2 is 2.23 bits per heavy atom. The van der Waals surface area contributed by atoms with E-state index in [2.05, 4.69) is 66.5 Å². The molecule has 0 amide bonds. The standard InChI is InChI=1S/C19H36N6S/c1-6-20-19(23-16-9-8-10-17(11-16)26-7-2)21-13-18(24(3)4)15-12-22-25(5)14-15/h12,14,16-18H,6-11,13H2,1-5H3,(H2,20,21,23). The fraction of sp³-hybridized carbons (Fsp3) is 0.789. The second-order valence-corrected chi connectivity index (χ2v) is 8.81. The first-order valence-corrected chi connectivity index (χ1v) is 10.9. The molecule has 148 valence electrons. The molecule has 1 aliphatic rings. The maximum Gasteiger partial charge on any atom is 0.191 e. The van der Waals surface area contributed by atoms with Crippen LogP contribution in [0.3, 0.4) is 0 Å². The quantitative estimate of drug-likeness (QED) is 0.536. The highest BCUT2D eigenvalue weighted by Gasteiger charge is 2.23. The van der Waals surface area contributed by atoms with Crippen LogP contribution in [-0.2, 0) is 7.05 Å². The smallest absolute Gasteiger partial charge is 0.191 e. The number of thioether (sulfide) groups is 1. The van der Waals surface area contributed by atoms with Crippen LogP contribution < -0.4 is 10.6 Å². The Bertz CT molecular complexity index is 554. The molecule has 26 heavy (non-hydrogen) atoms. The number of aliphatic imine (C=N–C) groups is 1. The molecule has 2 N–H and O–H groups in total. The SMILES string of the molecule is CCNC(=NCC(c1cnn(C)c1)N(C)C)NC1CCCC(SCC)C1. The van der Waals surface area contributed by atoms with Gasteiger partial charge in [-0.05, 0) is 46.0 Å². The van der Waals surface area contributed by atoms with Crippen molar-refractivity contribution >= 4 is 17.7 Å². The monoisotopic (exact) mass is 380 g/mol. The lowest BCUT2D eigenvalue weighted by Gasteiger charge is -2.30. The zero-order chi connectivity index (χ0) is 18.9. The lowest BCUT2D eigenvalue weighted by molar-refractivity contribution is 0.306. The van der Waals surface area contributed by atoms with Crippen LogP contribution >= 0.6 is 11.8 Å². The van der Waals surface area contributed by atoms with Gasteiger partial charge < -0.3 is 15.5 Å². The topological polar surface area (TPSA) is 57.5 Å². The Balaban J connectivity index is 2.00. The number of nitrogens with one attached hydrogen (secondary N) is 2. The summed E-state index contributed by atoms with van der Waals surface area (Å²) in [4.78, 5) is 7.10. The van der Waals surface area contributed by atoms with Gasteiger partial charge in [-0.1, -0.05) is 13.3 Å². The fourth-order valence-corrected chi connectivity index (χ4v) is 4.71. The summed E-state index contributed by atoms with van der Waals surface area (Å²) in [5.41, 5.74) is 1.20. The van der Waals surface area contributed by atoms with E-state index < -0.39 is 0 Å². The molecule has 1 fully saturated rings. The van der Waals surface area contributed by atoms with Gasteiger partial charge in [-0.15, -0.1) is 0 Å². The first kappa shape index (κ1) is 21.1. The molecule has 0 spiro atoms. The molecule has 1 aliphatic carbocycles. The molecule has 0 bridgehead atoms. The molecule has 2 rings (SSSR count). The molecule has 3 unspecified atom stereocenters. The van der Waals surface area contributed by atoms with Gasteiger partial charge in [0.1, 0.15) is 0 Å². The van der Waals surface area contributed by atoms with Gasteiger partial charge >= 0.3 is 0 Å². The van der Waals surface area contributed by atoms with Crippen molar-refractivity contribution in [2.75, 3.05) is 32.9 Å². The summed E-state index contributed by atoms with van der Waals surface area (Å²) in [6, 6.07) is 0.760. The third-order valence-corrected chi connectivity index (χ3v) is 6.10. The Kier molecular flexibility index (Phi) is 8.78. The summed E-state index contributed by atoms with van der Waals surface area (Å²) in [5.74, 6) is 2.15. The second-order valence-electron chi connectivity index (χ2n) is 7.23. The molecular weight excluding hydrogens is 344 g/mol. The summed E-state index contributed by atoms with van der Waals surface area (Å²) in [6.07, 6.45) is 9.16. The number of nitrogens with zero attached hydrogens (tertiary/aromatic N) is 4. The van der Waals surface area contributed by atoms with Gasteiger partial charge in [-0.3, -0.25) is 9.67 Å². The highest BCUT2D eigenvalue weighted by molar-refractivity contribution is 7.99. The molecule has 1 saturated carbocycles. The number of rotatable bonds is 8. The number of aromatic nitrogens is 2. The van der Waals surface area contributed by atoms with Crippen LogP contribution in [0.2, 0.25) is 0 Å². The molecule has 0 aromatic carbocycles. The van der Waals surface area contributed by atoms with Crippen LogP contribution in [0.1, 0.15) is 51.1 Å². The Morgan fingerprint density at radius 3 is 2.85 bits per heavy atom. The van der Waals surface area contributed by atoms with E-state index in [1.807, 2.05) is 17.9 Å². The van der Waals surface area contributed by atoms with E-state index in [9.17, 15) is 0 Å². The van der Waals surface area contributed by atoms with Crippen LogP contribution in [0.5, 0.6) is 0 Å². The molecule has 7 heteroatoms. The maximum absolute atomic E-state index is 4.89. The van der Waals surface area contributed by atoms with Gasteiger partial charge in [0.15, 0.2) is 5.96 Å². The first-order valence-electron chi connectivity index (χ1n) is 9.84. The van der Waals surface area contributed by atoms with Crippen LogP contribution in [0.25, 0.3) is 0 Å². The number of aryl methyl sites for hydroxylation is 1. The van der Waals surface area contributed by atoms with E-state index in [0.717, 1.165) is 17.8 Å². The normalized spacial score (nSPS) is 22.5. The van der Waals surface area contributed by atoms with Crippen molar-refractivity contribution in [3.8, 4) is 0 Å². The molecule has 1 aromatic heterocycles. The lowest BCUT2D eigenvalue weighted by atomic mass is 9.95. The van der Waals surface area contributed by atoms with Crippen molar-refractivity contribution in [2.24, 2.45) is 12.0 Å². The summed E-state index contributed by atoms with van der Waals surface area (Å²) in [6.45, 7) is 5.98. The van der Waals surface area contributed by atoms with Crippen molar-refractivity contribution in [2.45, 2.75) is 56.9 Å². The molecule has 1 aromatic rings. The van der Waals surface area contributed by atoms with Gasteiger partial charge in [0.05, 0.1) is 18.8 Å². The Morgan fingerprint density at radius 1 is 1.42 bits per heavy atom. The van der Waals surface area contributed by atoms with Crippen molar-refractivity contribution in [1.82, 2.24) is 25.3 Å². The van der Waals surface area contributed by atoms with Crippen LogP contribution in [-0.4, -0.2) is 64.9 Å². The highest BCUT2D eigenvalue weighted by Crippen LogP contribution is 2.28. The summed E-state index contributed by atoms with van der Waals surface area (Å²) < 4.78 is 1.85. The van der Waals surface area contributed by atoms with Gasteiger partial charge in [0.25, 0.3) is 0 Å². The van der Waals surface area contributed by atoms with E-state index in [4.69, 9.17) is 4.99 Å². The zero-order valence-corrected chi connectivity index (χ0v) is 17.9. The largest absolute Gasteiger partial charge is 0.357 e. The third kappa shape index (κ3) is 6.50. The molecule has 1 heterocycles. The van der Waals surface area contributed by atoms with Gasteiger partial charge in [0.2, 0.25) is 0 Å². The Hall–Kier alpha value is -1.21. The van der Waals surface area contributed by atoms with Gasteiger partial charge in [-0.25, -0.2) is 0 Å². The number of guanidine groups is 1. The number of likely N-dealkylation sites (N-methyl/N-ethyl adjacent to an activating group) is 1. The molecule has 3 atom stereocenters. The van der Waals surface area contributed by atoms with Gasteiger partial charge in [-0.2, -0.15) is 16.9 Å². The highest BCUT2D eigenvalue weighted by atomic mass is 32.2. The zero-order valence-electron chi connectivity index (χ0n) is 17.0. The summed E-state index contributed by atoms with van der Waals surface area (Å²) in [5, 5.41) is 12.2. The molecule has 0 saturated heterocycles. The fourth-order valence-electron chi connectivity index (χ4n) is 3.53. The summed E-state index contributed by atoms with van der Waals surface area (Å²) in [7, 11) is 6.15.